The minimum absolute atomic E-state index is 0.0346. The second-order valence-corrected chi connectivity index (χ2v) is 13.4. The summed E-state index contributed by atoms with van der Waals surface area (Å²) >= 11 is 0. The van der Waals surface area contributed by atoms with Crippen LogP contribution in [0.4, 0.5) is 0 Å². The zero-order chi connectivity index (χ0) is 31.5. The molecule has 8 aromatic rings. The molecule has 47 heavy (non-hydrogen) atoms. The number of fused-ring (bicyclic) bond motifs is 6. The van der Waals surface area contributed by atoms with Crippen LogP contribution >= 0.6 is 0 Å². The lowest BCUT2D eigenvalue weighted by Crippen LogP contribution is -2.14. The maximum absolute atomic E-state index is 2.47. The highest BCUT2D eigenvalue weighted by Crippen LogP contribution is 2.50. The lowest BCUT2D eigenvalue weighted by atomic mass is 9.81. The minimum Gasteiger partial charge on any atom is -0.0622 e. The van der Waals surface area contributed by atoms with Crippen LogP contribution in [0.1, 0.15) is 25.0 Å². The first kappa shape index (κ1) is 27.6. The molecule has 0 aromatic heterocycles. The fourth-order valence-corrected chi connectivity index (χ4v) is 7.70. The van der Waals surface area contributed by atoms with Crippen molar-refractivity contribution in [2.24, 2.45) is 0 Å². The molecule has 0 atom stereocenters. The molecule has 9 rings (SSSR count). The summed E-state index contributed by atoms with van der Waals surface area (Å²) < 4.78 is 0. The molecule has 0 nitrogen and oxygen atoms in total. The van der Waals surface area contributed by atoms with Crippen molar-refractivity contribution in [2.45, 2.75) is 19.3 Å². The molecule has 1 aliphatic rings. The van der Waals surface area contributed by atoms with E-state index in [-0.39, 0.29) is 5.41 Å². The molecule has 0 saturated carbocycles. The third-order valence-electron chi connectivity index (χ3n) is 10.2. The first-order valence-electron chi connectivity index (χ1n) is 16.5. The molecular formula is C47H34. The van der Waals surface area contributed by atoms with Gasteiger partial charge in [0.05, 0.1) is 0 Å². The van der Waals surface area contributed by atoms with Crippen molar-refractivity contribution in [3.05, 3.63) is 181 Å². The molecule has 0 unspecified atom stereocenters. The molecule has 222 valence electrons. The third-order valence-corrected chi connectivity index (χ3v) is 10.2. The Hall–Kier alpha value is -5.72. The summed E-state index contributed by atoms with van der Waals surface area (Å²) in [5, 5.41) is 5.17. The van der Waals surface area contributed by atoms with Gasteiger partial charge in [-0.15, -0.1) is 0 Å². The van der Waals surface area contributed by atoms with E-state index in [9.17, 15) is 0 Å². The number of hydrogen-bond acceptors (Lipinski definition) is 0. The van der Waals surface area contributed by atoms with Crippen molar-refractivity contribution in [1.29, 1.82) is 0 Å². The SMILES string of the molecule is CC1(C)c2ccccc2-c2cc3ccc4ccc(-c5cc(-c6ccccc6)cc(-c6cccc(-c7ccccc7)c6)c5)cc4c3cc21. The third kappa shape index (κ3) is 4.60. The van der Waals surface area contributed by atoms with Crippen molar-refractivity contribution in [3.63, 3.8) is 0 Å². The molecule has 0 spiro atoms. The highest BCUT2D eigenvalue weighted by Gasteiger charge is 2.35. The van der Waals surface area contributed by atoms with Gasteiger partial charge >= 0.3 is 0 Å². The quantitative estimate of drug-likeness (QED) is 0.177. The Labute approximate surface area is 276 Å². The van der Waals surface area contributed by atoms with Gasteiger partial charge < -0.3 is 0 Å². The zero-order valence-electron chi connectivity index (χ0n) is 26.7. The fraction of sp³-hybridized carbons (Fsp3) is 0.0638. The van der Waals surface area contributed by atoms with Crippen LogP contribution < -0.4 is 0 Å². The van der Waals surface area contributed by atoms with E-state index < -0.39 is 0 Å². The van der Waals surface area contributed by atoms with Crippen molar-refractivity contribution in [3.8, 4) is 55.6 Å². The van der Waals surface area contributed by atoms with Crippen molar-refractivity contribution < 1.29 is 0 Å². The zero-order valence-corrected chi connectivity index (χ0v) is 26.7. The summed E-state index contributed by atoms with van der Waals surface area (Å²) in [5.74, 6) is 0. The Bertz CT molecular complexity index is 2460. The monoisotopic (exact) mass is 598 g/mol. The first-order valence-corrected chi connectivity index (χ1v) is 16.5. The molecule has 0 saturated heterocycles. The summed E-state index contributed by atoms with van der Waals surface area (Å²) in [6, 6.07) is 62.7. The van der Waals surface area contributed by atoms with Crippen LogP contribution in [0.25, 0.3) is 77.2 Å². The van der Waals surface area contributed by atoms with Crippen LogP contribution in [0.5, 0.6) is 0 Å². The minimum atomic E-state index is -0.0346. The highest BCUT2D eigenvalue weighted by atomic mass is 14.4. The first-order chi connectivity index (χ1) is 23.0. The Morgan fingerprint density at radius 3 is 1.51 bits per heavy atom. The van der Waals surface area contributed by atoms with Gasteiger partial charge in [0.25, 0.3) is 0 Å². The van der Waals surface area contributed by atoms with E-state index in [1.54, 1.807) is 0 Å². The summed E-state index contributed by atoms with van der Waals surface area (Å²) in [5.41, 5.74) is 15.3. The Morgan fingerprint density at radius 2 is 0.787 bits per heavy atom. The van der Waals surface area contributed by atoms with E-state index in [4.69, 9.17) is 0 Å². The van der Waals surface area contributed by atoms with E-state index in [1.165, 1.54) is 88.3 Å². The lowest BCUT2D eigenvalue weighted by Gasteiger charge is -2.22. The average molecular weight is 599 g/mol. The molecule has 0 heterocycles. The number of hydrogen-bond donors (Lipinski definition) is 0. The van der Waals surface area contributed by atoms with Crippen LogP contribution in [0.2, 0.25) is 0 Å². The summed E-state index contributed by atoms with van der Waals surface area (Å²) in [6.07, 6.45) is 0. The highest BCUT2D eigenvalue weighted by molar-refractivity contribution is 6.11. The number of rotatable bonds is 4. The van der Waals surface area contributed by atoms with Crippen LogP contribution in [-0.2, 0) is 5.41 Å². The van der Waals surface area contributed by atoms with E-state index in [0.29, 0.717) is 0 Å². The second kappa shape index (κ2) is 10.7. The molecule has 0 fully saturated rings. The van der Waals surface area contributed by atoms with Crippen molar-refractivity contribution >= 4 is 21.5 Å². The van der Waals surface area contributed by atoms with Crippen LogP contribution in [0, 0.1) is 0 Å². The van der Waals surface area contributed by atoms with Gasteiger partial charge in [-0.2, -0.15) is 0 Å². The smallest absolute Gasteiger partial charge is 0.0159 e. The second-order valence-electron chi connectivity index (χ2n) is 13.4. The topological polar surface area (TPSA) is 0 Å². The molecular weight excluding hydrogens is 565 g/mol. The Balaban J connectivity index is 1.23. The van der Waals surface area contributed by atoms with Gasteiger partial charge in [-0.1, -0.05) is 141 Å². The van der Waals surface area contributed by atoms with Gasteiger partial charge in [-0.25, -0.2) is 0 Å². The fourth-order valence-electron chi connectivity index (χ4n) is 7.70. The van der Waals surface area contributed by atoms with E-state index >= 15 is 0 Å². The van der Waals surface area contributed by atoms with Crippen LogP contribution in [0.15, 0.2) is 170 Å². The standard InChI is InChI=1S/C47H34/c1-47(2)45-19-10-9-18-41(45)44-29-37-23-21-33-20-22-36(28-42(33)43(37)30-46(44)47)40-26-38(32-14-7-4-8-15-32)25-39(27-40)35-17-11-16-34(24-35)31-12-5-3-6-13-31/h3-30H,1-2H3. The predicted molar refractivity (Wildman–Crippen MR) is 201 cm³/mol. The Kier molecular flexibility index (Phi) is 6.27. The predicted octanol–water partition coefficient (Wildman–Crippen LogP) is 13.0. The van der Waals surface area contributed by atoms with Gasteiger partial charge in [0.1, 0.15) is 0 Å². The molecule has 0 radical (unpaired) electrons. The molecule has 8 aromatic carbocycles. The van der Waals surface area contributed by atoms with Gasteiger partial charge in [0.2, 0.25) is 0 Å². The maximum atomic E-state index is 2.47. The summed E-state index contributed by atoms with van der Waals surface area (Å²) in [6.45, 7) is 4.73. The van der Waals surface area contributed by atoms with E-state index in [2.05, 4.69) is 184 Å². The van der Waals surface area contributed by atoms with Gasteiger partial charge in [0.15, 0.2) is 0 Å². The summed E-state index contributed by atoms with van der Waals surface area (Å²) in [7, 11) is 0. The maximum Gasteiger partial charge on any atom is 0.0159 e. The van der Waals surface area contributed by atoms with E-state index in [1.807, 2.05) is 0 Å². The van der Waals surface area contributed by atoms with Crippen molar-refractivity contribution in [2.75, 3.05) is 0 Å². The van der Waals surface area contributed by atoms with Gasteiger partial charge in [-0.05, 0) is 131 Å². The van der Waals surface area contributed by atoms with Gasteiger partial charge in [0, 0.05) is 5.41 Å². The van der Waals surface area contributed by atoms with Gasteiger partial charge in [-0.3, -0.25) is 0 Å². The number of benzene rings is 8. The van der Waals surface area contributed by atoms with Crippen LogP contribution in [0.3, 0.4) is 0 Å². The molecule has 0 bridgehead atoms. The van der Waals surface area contributed by atoms with E-state index in [0.717, 1.165) is 0 Å². The molecule has 0 amide bonds. The molecule has 1 aliphatic carbocycles. The van der Waals surface area contributed by atoms with Crippen LogP contribution in [-0.4, -0.2) is 0 Å². The Morgan fingerprint density at radius 1 is 0.298 bits per heavy atom. The summed E-state index contributed by atoms with van der Waals surface area (Å²) in [4.78, 5) is 0. The normalized spacial score (nSPS) is 13.1. The molecule has 0 N–H and O–H groups in total. The molecule has 0 heteroatoms. The lowest BCUT2D eigenvalue weighted by molar-refractivity contribution is 0.661. The van der Waals surface area contributed by atoms with Crippen molar-refractivity contribution in [1.82, 2.24) is 0 Å². The average Bonchev–Trinajstić information content (AvgIpc) is 3.36. The molecule has 0 aliphatic heterocycles. The largest absolute Gasteiger partial charge is 0.0622 e.